The van der Waals surface area contributed by atoms with Crippen LogP contribution in [-0.2, 0) is 25.0 Å². The molecule has 220 valence electrons. The number of nitrogens with one attached hydrogen (secondary N) is 1. The Morgan fingerprint density at radius 3 is 2.46 bits per heavy atom. The first kappa shape index (κ1) is 29.0. The van der Waals surface area contributed by atoms with Crippen molar-refractivity contribution < 1.29 is 27.5 Å². The van der Waals surface area contributed by atoms with E-state index in [9.17, 15) is 18.0 Å². The Morgan fingerprint density at radius 1 is 1.07 bits per heavy atom. The molecule has 0 radical (unpaired) electrons. The predicted molar refractivity (Wildman–Crippen MR) is 158 cm³/mol. The summed E-state index contributed by atoms with van der Waals surface area (Å²) in [7, 11) is -3.43. The van der Waals surface area contributed by atoms with Crippen LogP contribution in [0.25, 0.3) is 6.08 Å². The highest BCUT2D eigenvalue weighted by molar-refractivity contribution is 7.92. The van der Waals surface area contributed by atoms with Crippen molar-refractivity contribution in [3.63, 3.8) is 0 Å². The highest BCUT2D eigenvalue weighted by Crippen LogP contribution is 2.47. The number of amides is 2. The predicted octanol–water partition coefficient (Wildman–Crippen LogP) is 4.48. The van der Waals surface area contributed by atoms with E-state index in [2.05, 4.69) is 5.32 Å². The molecule has 41 heavy (non-hydrogen) atoms. The normalized spacial score (nSPS) is 18.9. The average Bonchev–Trinajstić information content (AvgIpc) is 3.08. The van der Waals surface area contributed by atoms with E-state index < -0.39 is 27.8 Å². The highest BCUT2D eigenvalue weighted by Gasteiger charge is 2.48. The Balaban J connectivity index is 1.35. The van der Waals surface area contributed by atoms with Crippen molar-refractivity contribution in [1.82, 2.24) is 10.2 Å². The maximum absolute atomic E-state index is 14.0. The van der Waals surface area contributed by atoms with Gasteiger partial charge in [0.25, 0.3) is 0 Å². The fourth-order valence-corrected chi connectivity index (χ4v) is 7.07. The standard InChI is InChI=1S/C31H39N3O6S/c1-30(2,3)40-29(36)32-25(20-22-13-18-39-27-12-8-5-9-23(27)19-22)28(35)33-16-14-31(15-17-33)21-34(41(4,37)38)26-11-7-6-10-24(26)31/h5-12,19,25H,13-18,20-21H2,1-4H3,(H,32,36)/t25-/m1/s1. The average molecular weight is 582 g/mol. The number of para-hydroxylation sites is 2. The second-order valence-electron chi connectivity index (χ2n) is 12.2. The number of rotatable bonds is 5. The highest BCUT2D eigenvalue weighted by atomic mass is 32.2. The van der Waals surface area contributed by atoms with Gasteiger partial charge in [-0.3, -0.25) is 9.10 Å². The minimum absolute atomic E-state index is 0.170. The summed E-state index contributed by atoms with van der Waals surface area (Å²) in [5, 5.41) is 2.84. The van der Waals surface area contributed by atoms with E-state index >= 15 is 0 Å². The van der Waals surface area contributed by atoms with Gasteiger partial charge >= 0.3 is 6.09 Å². The smallest absolute Gasteiger partial charge is 0.408 e. The zero-order valence-corrected chi connectivity index (χ0v) is 25.0. The fraction of sp³-hybridized carbons (Fsp3) is 0.484. The van der Waals surface area contributed by atoms with Crippen LogP contribution < -0.4 is 14.4 Å². The van der Waals surface area contributed by atoms with E-state index in [4.69, 9.17) is 9.47 Å². The number of sulfonamides is 1. The summed E-state index contributed by atoms with van der Waals surface area (Å²) >= 11 is 0. The molecule has 3 aliphatic rings. The molecule has 2 aromatic carbocycles. The van der Waals surface area contributed by atoms with Gasteiger partial charge < -0.3 is 19.7 Å². The van der Waals surface area contributed by atoms with Gasteiger partial charge in [-0.15, -0.1) is 0 Å². The number of carbonyl (C=O) groups excluding carboxylic acids is 2. The summed E-state index contributed by atoms with van der Waals surface area (Å²) in [4.78, 5) is 28.6. The van der Waals surface area contributed by atoms with E-state index in [1.54, 1.807) is 25.7 Å². The molecular formula is C31H39N3O6S. The Bertz CT molecular complexity index is 1450. The monoisotopic (exact) mass is 581 g/mol. The van der Waals surface area contributed by atoms with Gasteiger partial charge in [0.05, 0.1) is 18.6 Å². The fourth-order valence-electron chi connectivity index (χ4n) is 6.07. The number of likely N-dealkylation sites (tertiary alicyclic amines) is 1. The first-order valence-electron chi connectivity index (χ1n) is 14.1. The number of alkyl carbamates (subject to hydrolysis) is 1. The molecule has 9 nitrogen and oxygen atoms in total. The molecule has 0 bridgehead atoms. The number of fused-ring (bicyclic) bond motifs is 3. The summed E-state index contributed by atoms with van der Waals surface area (Å²) < 4.78 is 38.0. The molecule has 10 heteroatoms. The summed E-state index contributed by atoms with van der Waals surface area (Å²) in [5.74, 6) is 0.628. The van der Waals surface area contributed by atoms with Crippen molar-refractivity contribution in [1.29, 1.82) is 0 Å². The molecule has 1 saturated heterocycles. The Morgan fingerprint density at radius 2 is 1.76 bits per heavy atom. The minimum atomic E-state index is -3.43. The Hall–Kier alpha value is -3.53. The molecule has 0 saturated carbocycles. The second kappa shape index (κ2) is 11.0. The van der Waals surface area contributed by atoms with Crippen LogP contribution >= 0.6 is 0 Å². The van der Waals surface area contributed by atoms with Crippen molar-refractivity contribution in [2.45, 2.75) is 63.5 Å². The lowest BCUT2D eigenvalue weighted by atomic mass is 9.74. The number of piperidine rings is 1. The number of anilines is 1. The van der Waals surface area contributed by atoms with Crippen LogP contribution in [0.4, 0.5) is 10.5 Å². The molecular weight excluding hydrogens is 542 g/mol. The zero-order valence-electron chi connectivity index (χ0n) is 24.2. The van der Waals surface area contributed by atoms with Crippen LogP contribution in [-0.4, -0.2) is 69.5 Å². The Kier molecular flexibility index (Phi) is 7.80. The van der Waals surface area contributed by atoms with Crippen LogP contribution in [0, 0.1) is 0 Å². The summed E-state index contributed by atoms with van der Waals surface area (Å²) in [6, 6.07) is 14.6. The van der Waals surface area contributed by atoms with Gasteiger partial charge in [0.2, 0.25) is 15.9 Å². The van der Waals surface area contributed by atoms with Crippen molar-refractivity contribution >= 4 is 33.8 Å². The van der Waals surface area contributed by atoms with Gasteiger partial charge in [-0.2, -0.15) is 0 Å². The van der Waals surface area contributed by atoms with Gasteiger partial charge in [-0.25, -0.2) is 13.2 Å². The van der Waals surface area contributed by atoms with Crippen molar-refractivity contribution in [3.8, 4) is 5.75 Å². The van der Waals surface area contributed by atoms with Gasteiger partial charge in [0, 0.05) is 37.0 Å². The molecule has 0 aliphatic carbocycles. The van der Waals surface area contributed by atoms with Crippen LogP contribution in [0.1, 0.15) is 57.6 Å². The van der Waals surface area contributed by atoms with Gasteiger partial charge in [0.15, 0.2) is 0 Å². The molecule has 2 aromatic rings. The minimum Gasteiger partial charge on any atom is -0.493 e. The van der Waals surface area contributed by atoms with E-state index in [0.29, 0.717) is 51.9 Å². The summed E-state index contributed by atoms with van der Waals surface area (Å²) in [6.07, 6.45) is 4.87. The maximum Gasteiger partial charge on any atom is 0.408 e. The van der Waals surface area contributed by atoms with E-state index in [0.717, 1.165) is 28.1 Å². The number of hydrogen-bond donors (Lipinski definition) is 1. The largest absolute Gasteiger partial charge is 0.493 e. The molecule has 0 unspecified atom stereocenters. The van der Waals surface area contributed by atoms with E-state index in [1.807, 2.05) is 54.6 Å². The number of ether oxygens (including phenoxy) is 2. The lowest BCUT2D eigenvalue weighted by Gasteiger charge is -2.41. The molecule has 3 aliphatic heterocycles. The van der Waals surface area contributed by atoms with Crippen LogP contribution in [0.15, 0.2) is 54.1 Å². The SMILES string of the molecule is CC(C)(C)OC(=O)N[C@H](CC1=Cc2ccccc2OCC1)C(=O)N1CCC2(CC1)CN(S(C)(=O)=O)c1ccccc12. The quantitative estimate of drug-likeness (QED) is 0.559. The van der Waals surface area contributed by atoms with Crippen molar-refractivity contribution in [3.05, 3.63) is 65.2 Å². The van der Waals surface area contributed by atoms with Crippen LogP contribution in [0.3, 0.4) is 0 Å². The maximum atomic E-state index is 14.0. The summed E-state index contributed by atoms with van der Waals surface area (Å²) in [5.41, 5.74) is 2.63. The van der Waals surface area contributed by atoms with Gasteiger partial charge in [-0.1, -0.05) is 48.0 Å². The summed E-state index contributed by atoms with van der Waals surface area (Å²) in [6.45, 7) is 7.14. The number of carbonyl (C=O) groups is 2. The number of nitrogens with zero attached hydrogens (tertiary/aromatic N) is 2. The third-order valence-corrected chi connectivity index (χ3v) is 9.16. The first-order valence-corrected chi connectivity index (χ1v) is 16.0. The van der Waals surface area contributed by atoms with Crippen LogP contribution in [0.5, 0.6) is 5.75 Å². The van der Waals surface area contributed by atoms with E-state index in [1.165, 1.54) is 10.6 Å². The van der Waals surface area contributed by atoms with Crippen molar-refractivity contribution in [2.24, 2.45) is 0 Å². The molecule has 5 rings (SSSR count). The molecule has 0 aromatic heterocycles. The number of hydrogen-bond acceptors (Lipinski definition) is 6. The molecule has 2 amide bonds. The number of benzene rings is 2. The molecule has 3 heterocycles. The topological polar surface area (TPSA) is 105 Å². The molecule has 1 fully saturated rings. The zero-order chi connectivity index (χ0) is 29.4. The molecule has 1 N–H and O–H groups in total. The van der Waals surface area contributed by atoms with Gasteiger partial charge in [-0.05, 0) is 57.7 Å². The molecule has 1 atom stereocenters. The van der Waals surface area contributed by atoms with Gasteiger partial charge in [0.1, 0.15) is 17.4 Å². The lowest BCUT2D eigenvalue weighted by Crippen LogP contribution is -2.54. The lowest BCUT2D eigenvalue weighted by molar-refractivity contribution is -0.135. The first-order chi connectivity index (χ1) is 19.3. The Labute approximate surface area is 242 Å². The third-order valence-electron chi connectivity index (χ3n) is 8.04. The van der Waals surface area contributed by atoms with Crippen LogP contribution in [0.2, 0.25) is 0 Å². The third kappa shape index (κ3) is 6.37. The molecule has 1 spiro atoms. The van der Waals surface area contributed by atoms with Crippen molar-refractivity contribution in [2.75, 3.05) is 36.8 Å². The van der Waals surface area contributed by atoms with E-state index in [-0.39, 0.29) is 11.3 Å². The second-order valence-corrected chi connectivity index (χ2v) is 14.1.